The maximum Gasteiger partial charge on any atom is 0.0876 e. The number of aryl methyl sites for hydroxylation is 1. The number of hydrogen-bond donors (Lipinski definition) is 1. The molecular weight excluding hydrogens is 258 g/mol. The molecular formula is C18H19N3. The van der Waals surface area contributed by atoms with E-state index in [-0.39, 0.29) is 0 Å². The van der Waals surface area contributed by atoms with Gasteiger partial charge < -0.3 is 5.32 Å². The van der Waals surface area contributed by atoms with Gasteiger partial charge in [-0.2, -0.15) is 5.10 Å². The second kappa shape index (κ2) is 6.27. The summed E-state index contributed by atoms with van der Waals surface area (Å²) in [6.07, 6.45) is 4.81. The van der Waals surface area contributed by atoms with E-state index in [4.69, 9.17) is 0 Å². The lowest BCUT2D eigenvalue weighted by Gasteiger charge is -2.13. The molecule has 0 radical (unpaired) electrons. The first kappa shape index (κ1) is 13.4. The first-order valence-corrected chi connectivity index (χ1v) is 7.28. The van der Waals surface area contributed by atoms with Crippen molar-refractivity contribution in [2.24, 2.45) is 0 Å². The van der Waals surface area contributed by atoms with Crippen LogP contribution in [0.3, 0.4) is 0 Å². The van der Waals surface area contributed by atoms with Crippen LogP contribution >= 0.6 is 0 Å². The largest absolute Gasteiger partial charge is 0.379 e. The fourth-order valence-electron chi connectivity index (χ4n) is 2.50. The van der Waals surface area contributed by atoms with E-state index in [9.17, 15) is 0 Å². The van der Waals surface area contributed by atoms with Crippen molar-refractivity contribution in [2.45, 2.75) is 19.9 Å². The normalized spacial score (nSPS) is 10.5. The number of aromatic nitrogens is 2. The minimum Gasteiger partial charge on any atom is -0.379 e. The van der Waals surface area contributed by atoms with Gasteiger partial charge in [-0.15, -0.1) is 0 Å². The van der Waals surface area contributed by atoms with E-state index in [1.54, 1.807) is 6.20 Å². The molecule has 2 aromatic carbocycles. The summed E-state index contributed by atoms with van der Waals surface area (Å²) in [5.74, 6) is 0. The van der Waals surface area contributed by atoms with Crippen molar-refractivity contribution >= 4 is 5.69 Å². The van der Waals surface area contributed by atoms with E-state index in [1.165, 1.54) is 11.1 Å². The van der Waals surface area contributed by atoms with Gasteiger partial charge in [-0.05, 0) is 35.7 Å². The van der Waals surface area contributed by atoms with Gasteiger partial charge >= 0.3 is 0 Å². The smallest absolute Gasteiger partial charge is 0.0876 e. The van der Waals surface area contributed by atoms with Crippen molar-refractivity contribution in [3.05, 3.63) is 78.1 Å². The number of benzene rings is 2. The molecule has 3 nitrogen and oxygen atoms in total. The Morgan fingerprint density at radius 3 is 2.48 bits per heavy atom. The Morgan fingerprint density at radius 2 is 1.71 bits per heavy atom. The molecule has 106 valence electrons. The van der Waals surface area contributed by atoms with E-state index in [1.807, 2.05) is 29.1 Å². The van der Waals surface area contributed by atoms with Gasteiger partial charge in [0.05, 0.1) is 11.4 Å². The van der Waals surface area contributed by atoms with Gasteiger partial charge in [-0.3, -0.25) is 0 Å². The maximum atomic E-state index is 4.31. The highest BCUT2D eigenvalue weighted by molar-refractivity contribution is 5.60. The molecule has 0 aliphatic carbocycles. The van der Waals surface area contributed by atoms with E-state index in [0.717, 1.165) is 24.3 Å². The van der Waals surface area contributed by atoms with Crippen molar-refractivity contribution in [1.82, 2.24) is 9.78 Å². The van der Waals surface area contributed by atoms with Crippen molar-refractivity contribution in [2.75, 3.05) is 5.32 Å². The molecule has 1 N–H and O–H groups in total. The number of anilines is 1. The van der Waals surface area contributed by atoms with Gasteiger partial charge in [-0.25, -0.2) is 4.68 Å². The zero-order chi connectivity index (χ0) is 14.5. The van der Waals surface area contributed by atoms with Gasteiger partial charge in [0.1, 0.15) is 0 Å². The van der Waals surface area contributed by atoms with E-state index >= 15 is 0 Å². The molecule has 0 atom stereocenters. The third kappa shape index (κ3) is 2.97. The molecule has 3 aromatic rings. The fraction of sp³-hybridized carbons (Fsp3) is 0.167. The number of nitrogens with one attached hydrogen (secondary N) is 1. The second-order valence-corrected chi connectivity index (χ2v) is 4.94. The lowest BCUT2D eigenvalue weighted by molar-refractivity contribution is 0.879. The SMILES string of the molecule is CCc1ccccc1CNc1ccccc1-n1cccn1. The standard InChI is InChI=1S/C18H19N3/c1-2-15-8-3-4-9-16(15)14-19-17-10-5-6-11-18(17)21-13-7-12-20-21/h3-13,19H,2,14H2,1H3. The number of hydrogen-bond acceptors (Lipinski definition) is 2. The van der Waals surface area contributed by atoms with Crippen molar-refractivity contribution < 1.29 is 0 Å². The Kier molecular flexibility index (Phi) is 4.01. The zero-order valence-electron chi connectivity index (χ0n) is 12.2. The predicted molar refractivity (Wildman–Crippen MR) is 86.7 cm³/mol. The fourth-order valence-corrected chi connectivity index (χ4v) is 2.50. The molecule has 3 heteroatoms. The summed E-state index contributed by atoms with van der Waals surface area (Å²) in [6, 6.07) is 18.7. The summed E-state index contributed by atoms with van der Waals surface area (Å²) >= 11 is 0. The van der Waals surface area contributed by atoms with Crippen LogP contribution in [-0.4, -0.2) is 9.78 Å². The van der Waals surface area contributed by atoms with Gasteiger partial charge in [-0.1, -0.05) is 43.3 Å². The van der Waals surface area contributed by atoms with Crippen LogP contribution in [-0.2, 0) is 13.0 Å². The van der Waals surface area contributed by atoms with Gasteiger partial charge in [0.2, 0.25) is 0 Å². The average molecular weight is 277 g/mol. The lowest BCUT2D eigenvalue weighted by atomic mass is 10.1. The summed E-state index contributed by atoms with van der Waals surface area (Å²) in [4.78, 5) is 0. The predicted octanol–water partition coefficient (Wildman–Crippen LogP) is 4.05. The van der Waals surface area contributed by atoms with E-state index in [2.05, 4.69) is 53.7 Å². The van der Waals surface area contributed by atoms with Crippen LogP contribution in [0, 0.1) is 0 Å². The third-order valence-electron chi connectivity index (χ3n) is 3.62. The lowest BCUT2D eigenvalue weighted by Crippen LogP contribution is -2.06. The molecule has 0 unspecified atom stereocenters. The average Bonchev–Trinajstić information content (AvgIpc) is 3.08. The van der Waals surface area contributed by atoms with Crippen LogP contribution in [0.1, 0.15) is 18.1 Å². The van der Waals surface area contributed by atoms with Crippen LogP contribution in [0.15, 0.2) is 67.0 Å². The van der Waals surface area contributed by atoms with Crippen molar-refractivity contribution in [1.29, 1.82) is 0 Å². The molecule has 1 heterocycles. The summed E-state index contributed by atoms with van der Waals surface area (Å²) in [7, 11) is 0. The highest BCUT2D eigenvalue weighted by Crippen LogP contribution is 2.20. The molecule has 0 aliphatic rings. The number of nitrogens with zero attached hydrogens (tertiary/aromatic N) is 2. The monoisotopic (exact) mass is 277 g/mol. The summed E-state index contributed by atoms with van der Waals surface area (Å²) in [5, 5.41) is 7.84. The minimum atomic E-state index is 0.822. The third-order valence-corrected chi connectivity index (χ3v) is 3.62. The number of para-hydroxylation sites is 2. The summed E-state index contributed by atoms with van der Waals surface area (Å²) in [6.45, 7) is 3.01. The molecule has 0 aliphatic heterocycles. The Balaban J connectivity index is 1.83. The van der Waals surface area contributed by atoms with Crippen LogP contribution in [0.4, 0.5) is 5.69 Å². The van der Waals surface area contributed by atoms with Gasteiger partial charge in [0.15, 0.2) is 0 Å². The second-order valence-electron chi connectivity index (χ2n) is 4.94. The van der Waals surface area contributed by atoms with Gasteiger partial charge in [0.25, 0.3) is 0 Å². The van der Waals surface area contributed by atoms with Crippen LogP contribution in [0.5, 0.6) is 0 Å². The molecule has 0 amide bonds. The highest BCUT2D eigenvalue weighted by Gasteiger charge is 2.05. The zero-order valence-corrected chi connectivity index (χ0v) is 12.2. The van der Waals surface area contributed by atoms with Crippen LogP contribution < -0.4 is 5.32 Å². The minimum absolute atomic E-state index is 0.822. The summed E-state index contributed by atoms with van der Waals surface area (Å²) < 4.78 is 1.88. The molecule has 0 saturated carbocycles. The summed E-state index contributed by atoms with van der Waals surface area (Å²) in [5.41, 5.74) is 4.89. The first-order valence-electron chi connectivity index (χ1n) is 7.28. The van der Waals surface area contributed by atoms with E-state index < -0.39 is 0 Å². The van der Waals surface area contributed by atoms with Crippen LogP contribution in [0.2, 0.25) is 0 Å². The molecule has 21 heavy (non-hydrogen) atoms. The number of rotatable bonds is 5. The van der Waals surface area contributed by atoms with Crippen molar-refractivity contribution in [3.63, 3.8) is 0 Å². The molecule has 3 rings (SSSR count). The Morgan fingerprint density at radius 1 is 0.952 bits per heavy atom. The topological polar surface area (TPSA) is 29.9 Å². The Hall–Kier alpha value is -2.55. The first-order chi connectivity index (χ1) is 10.4. The Bertz CT molecular complexity index is 702. The van der Waals surface area contributed by atoms with Crippen LogP contribution in [0.25, 0.3) is 5.69 Å². The Labute approximate surface area is 125 Å². The molecule has 1 aromatic heterocycles. The molecule has 0 fully saturated rings. The maximum absolute atomic E-state index is 4.31. The van der Waals surface area contributed by atoms with Crippen molar-refractivity contribution in [3.8, 4) is 5.69 Å². The molecule has 0 bridgehead atoms. The molecule has 0 saturated heterocycles. The van der Waals surface area contributed by atoms with E-state index in [0.29, 0.717) is 0 Å². The highest BCUT2D eigenvalue weighted by atomic mass is 15.3. The quantitative estimate of drug-likeness (QED) is 0.762. The van der Waals surface area contributed by atoms with Gasteiger partial charge in [0, 0.05) is 18.9 Å². The molecule has 0 spiro atoms.